The minimum atomic E-state index is -0.455. The number of fused-ring (bicyclic) bond motifs is 1. The molecule has 0 N–H and O–H groups in total. The molecule has 1 fully saturated rings. The molecule has 3 aromatic rings. The summed E-state index contributed by atoms with van der Waals surface area (Å²) in [4.78, 5) is 30.1. The molecular weight excluding hydrogens is 344 g/mol. The van der Waals surface area contributed by atoms with Crippen molar-refractivity contribution in [1.82, 2.24) is 4.98 Å². The van der Waals surface area contributed by atoms with E-state index in [1.54, 1.807) is 16.2 Å². The number of hydrogen-bond donors (Lipinski definition) is 0. The Hall–Kier alpha value is -2.24. The summed E-state index contributed by atoms with van der Waals surface area (Å²) in [5.74, 6) is -0.523. The standard InChI is InChI=1S/C18H13ClN2O2S/c19-17(23)11-9-16(22)21(10-11)14-7-3-1-5-12(14)18-20-13-6-2-4-8-15(13)24-18/h1-8,11H,9-10H2/t11-/m1/s1. The summed E-state index contributed by atoms with van der Waals surface area (Å²) in [6.07, 6.45) is 0.163. The first-order valence-corrected chi connectivity index (χ1v) is 8.77. The Morgan fingerprint density at radius 3 is 2.67 bits per heavy atom. The van der Waals surface area contributed by atoms with Crippen LogP contribution in [0.2, 0.25) is 0 Å². The molecule has 4 rings (SSSR count). The maximum atomic E-state index is 12.3. The summed E-state index contributed by atoms with van der Waals surface area (Å²) in [7, 11) is 0. The zero-order valence-electron chi connectivity index (χ0n) is 12.6. The van der Waals surface area contributed by atoms with Crippen LogP contribution in [-0.2, 0) is 9.59 Å². The molecule has 24 heavy (non-hydrogen) atoms. The van der Waals surface area contributed by atoms with E-state index in [1.807, 2.05) is 48.5 Å². The van der Waals surface area contributed by atoms with Crippen LogP contribution in [0, 0.1) is 5.92 Å². The maximum Gasteiger partial charge on any atom is 0.227 e. The fourth-order valence-corrected chi connectivity index (χ4v) is 4.12. The summed E-state index contributed by atoms with van der Waals surface area (Å²) in [6, 6.07) is 15.6. The SMILES string of the molecule is O=C(Cl)[C@@H]1CC(=O)N(c2ccccc2-c2nc3ccccc3s2)C1. The molecule has 6 heteroatoms. The Morgan fingerprint density at radius 2 is 1.92 bits per heavy atom. The first-order valence-electron chi connectivity index (χ1n) is 7.58. The van der Waals surface area contributed by atoms with E-state index in [2.05, 4.69) is 4.98 Å². The number of carbonyl (C=O) groups is 2. The van der Waals surface area contributed by atoms with Crippen LogP contribution in [0.5, 0.6) is 0 Å². The molecule has 0 unspecified atom stereocenters. The van der Waals surface area contributed by atoms with Crippen molar-refractivity contribution in [1.29, 1.82) is 0 Å². The van der Waals surface area contributed by atoms with Crippen molar-refractivity contribution in [3.8, 4) is 10.6 Å². The predicted octanol–water partition coefficient (Wildman–Crippen LogP) is 4.08. The Morgan fingerprint density at radius 1 is 1.17 bits per heavy atom. The Kier molecular flexibility index (Phi) is 3.82. The number of aromatic nitrogens is 1. The number of nitrogens with zero attached hydrogens (tertiary/aromatic N) is 2. The fraction of sp³-hybridized carbons (Fsp3) is 0.167. The van der Waals surface area contributed by atoms with E-state index >= 15 is 0 Å². The van der Waals surface area contributed by atoms with Gasteiger partial charge >= 0.3 is 0 Å². The van der Waals surface area contributed by atoms with Gasteiger partial charge in [0, 0.05) is 18.5 Å². The number of amides is 1. The summed E-state index contributed by atoms with van der Waals surface area (Å²) in [5, 5.41) is 0.406. The lowest BCUT2D eigenvalue weighted by Gasteiger charge is -2.19. The van der Waals surface area contributed by atoms with Crippen LogP contribution in [-0.4, -0.2) is 22.7 Å². The molecule has 120 valence electrons. The average Bonchev–Trinajstić information content (AvgIpc) is 3.18. The van der Waals surface area contributed by atoms with Crippen molar-refractivity contribution < 1.29 is 9.59 Å². The number of benzene rings is 2. The molecule has 4 nitrogen and oxygen atoms in total. The van der Waals surface area contributed by atoms with Gasteiger partial charge in [0.05, 0.1) is 21.8 Å². The topological polar surface area (TPSA) is 50.3 Å². The maximum absolute atomic E-state index is 12.3. The average molecular weight is 357 g/mol. The summed E-state index contributed by atoms with van der Waals surface area (Å²) < 4.78 is 1.10. The molecule has 0 aliphatic carbocycles. The zero-order valence-corrected chi connectivity index (χ0v) is 14.2. The lowest BCUT2D eigenvalue weighted by atomic mass is 10.1. The van der Waals surface area contributed by atoms with Gasteiger partial charge in [-0.15, -0.1) is 11.3 Å². The van der Waals surface area contributed by atoms with E-state index in [4.69, 9.17) is 11.6 Å². The number of carbonyl (C=O) groups excluding carboxylic acids is 2. The normalized spacial score (nSPS) is 17.6. The third kappa shape index (κ3) is 2.60. The highest BCUT2D eigenvalue weighted by atomic mass is 35.5. The lowest BCUT2D eigenvalue weighted by Crippen LogP contribution is -2.25. The summed E-state index contributed by atoms with van der Waals surface area (Å²) in [5.41, 5.74) is 2.62. The third-order valence-electron chi connectivity index (χ3n) is 4.17. The van der Waals surface area contributed by atoms with Crippen molar-refractivity contribution in [2.75, 3.05) is 11.4 Å². The quantitative estimate of drug-likeness (QED) is 0.664. The second-order valence-electron chi connectivity index (χ2n) is 5.71. The number of halogens is 1. The van der Waals surface area contributed by atoms with Gasteiger partial charge in [0.2, 0.25) is 11.1 Å². The molecule has 1 saturated heterocycles. The smallest absolute Gasteiger partial charge is 0.227 e. The Balaban J connectivity index is 1.78. The van der Waals surface area contributed by atoms with Crippen molar-refractivity contribution in [2.24, 2.45) is 5.92 Å². The molecule has 1 amide bonds. The molecular formula is C18H13ClN2O2S. The number of anilines is 1. The van der Waals surface area contributed by atoms with E-state index in [0.717, 1.165) is 26.5 Å². The van der Waals surface area contributed by atoms with E-state index in [1.165, 1.54) is 0 Å². The largest absolute Gasteiger partial charge is 0.311 e. The van der Waals surface area contributed by atoms with E-state index in [0.29, 0.717) is 6.54 Å². The monoisotopic (exact) mass is 356 g/mol. The van der Waals surface area contributed by atoms with E-state index < -0.39 is 11.2 Å². The van der Waals surface area contributed by atoms with Crippen LogP contribution in [0.4, 0.5) is 5.69 Å². The molecule has 1 aromatic heterocycles. The summed E-state index contributed by atoms with van der Waals surface area (Å²) in [6.45, 7) is 0.322. The molecule has 0 spiro atoms. The van der Waals surface area contributed by atoms with Crippen LogP contribution >= 0.6 is 22.9 Å². The van der Waals surface area contributed by atoms with Gasteiger partial charge < -0.3 is 4.90 Å². The van der Waals surface area contributed by atoms with Crippen LogP contribution in [0.25, 0.3) is 20.8 Å². The van der Waals surface area contributed by atoms with Gasteiger partial charge in [-0.2, -0.15) is 0 Å². The molecule has 1 aliphatic rings. The molecule has 0 radical (unpaired) electrons. The molecule has 1 aliphatic heterocycles. The van der Waals surface area contributed by atoms with Gasteiger partial charge in [0.25, 0.3) is 0 Å². The highest BCUT2D eigenvalue weighted by Gasteiger charge is 2.35. The van der Waals surface area contributed by atoms with Gasteiger partial charge in [0.15, 0.2) is 0 Å². The van der Waals surface area contributed by atoms with Gasteiger partial charge in [-0.25, -0.2) is 4.98 Å². The van der Waals surface area contributed by atoms with Crippen molar-refractivity contribution in [2.45, 2.75) is 6.42 Å². The zero-order chi connectivity index (χ0) is 16.7. The number of thiazole rings is 1. The van der Waals surface area contributed by atoms with Gasteiger partial charge in [-0.05, 0) is 35.9 Å². The lowest BCUT2D eigenvalue weighted by molar-refractivity contribution is -0.120. The second-order valence-corrected chi connectivity index (χ2v) is 7.12. The van der Waals surface area contributed by atoms with Crippen LogP contribution < -0.4 is 4.90 Å². The first-order chi connectivity index (χ1) is 11.6. The van der Waals surface area contributed by atoms with Gasteiger partial charge in [-0.1, -0.05) is 24.3 Å². The van der Waals surface area contributed by atoms with Crippen molar-refractivity contribution >= 4 is 50.0 Å². The van der Waals surface area contributed by atoms with Crippen LogP contribution in [0.1, 0.15) is 6.42 Å². The predicted molar refractivity (Wildman–Crippen MR) is 96.4 cm³/mol. The molecule has 0 bridgehead atoms. The molecule has 0 saturated carbocycles. The number of rotatable bonds is 3. The molecule has 1 atom stereocenters. The second kappa shape index (κ2) is 6.00. The summed E-state index contributed by atoms with van der Waals surface area (Å²) >= 11 is 7.17. The highest BCUT2D eigenvalue weighted by Crippen LogP contribution is 2.38. The minimum Gasteiger partial charge on any atom is -0.311 e. The molecule has 2 heterocycles. The van der Waals surface area contributed by atoms with Gasteiger partial charge in [-0.3, -0.25) is 9.59 Å². The van der Waals surface area contributed by atoms with E-state index in [9.17, 15) is 9.59 Å². The first kappa shape index (κ1) is 15.3. The highest BCUT2D eigenvalue weighted by molar-refractivity contribution is 7.21. The van der Waals surface area contributed by atoms with Crippen LogP contribution in [0.3, 0.4) is 0 Å². The van der Waals surface area contributed by atoms with E-state index in [-0.39, 0.29) is 12.3 Å². The van der Waals surface area contributed by atoms with Crippen molar-refractivity contribution in [3.63, 3.8) is 0 Å². The van der Waals surface area contributed by atoms with Crippen molar-refractivity contribution in [3.05, 3.63) is 48.5 Å². The third-order valence-corrected chi connectivity index (χ3v) is 5.54. The Bertz CT molecular complexity index is 920. The minimum absolute atomic E-state index is 0.0810. The number of hydrogen-bond acceptors (Lipinski definition) is 4. The number of para-hydroxylation sites is 2. The van der Waals surface area contributed by atoms with Crippen LogP contribution in [0.15, 0.2) is 48.5 Å². The fourth-order valence-electron chi connectivity index (χ4n) is 2.97. The van der Waals surface area contributed by atoms with Gasteiger partial charge in [0.1, 0.15) is 5.01 Å². The molecule has 2 aromatic carbocycles. The Labute approximate surface area is 147 Å².